The topological polar surface area (TPSA) is 48.1 Å². The molecule has 0 fully saturated rings. The summed E-state index contributed by atoms with van der Waals surface area (Å²) in [7, 11) is 1.66. The maximum Gasteiger partial charge on any atom is 0.124 e. The van der Waals surface area contributed by atoms with Gasteiger partial charge in [-0.25, -0.2) is 4.98 Å². The van der Waals surface area contributed by atoms with E-state index in [2.05, 4.69) is 4.98 Å². The number of nitrogens with zero attached hydrogens (tertiary/aromatic N) is 1. The number of methoxy groups -OCH3 is 1. The van der Waals surface area contributed by atoms with E-state index in [1.807, 2.05) is 31.3 Å². The molecule has 0 bridgehead atoms. The zero-order chi connectivity index (χ0) is 11.5. The number of ether oxygens (including phenoxy) is 1. The van der Waals surface area contributed by atoms with Crippen LogP contribution < -0.4 is 10.5 Å². The van der Waals surface area contributed by atoms with Gasteiger partial charge in [0, 0.05) is 29.2 Å². The molecule has 4 heteroatoms. The molecule has 0 atom stereocenters. The summed E-state index contributed by atoms with van der Waals surface area (Å²) in [6, 6.07) is 5.75. The minimum Gasteiger partial charge on any atom is -0.496 e. The van der Waals surface area contributed by atoms with E-state index in [4.69, 9.17) is 10.5 Å². The van der Waals surface area contributed by atoms with Gasteiger partial charge in [-0.1, -0.05) is 6.07 Å². The van der Waals surface area contributed by atoms with Crippen molar-refractivity contribution in [3.63, 3.8) is 0 Å². The third kappa shape index (κ3) is 2.33. The lowest BCUT2D eigenvalue weighted by Crippen LogP contribution is -1.94. The SMILES string of the molecule is COc1cc(N)ccc1Cc1cnc(C)s1. The van der Waals surface area contributed by atoms with Crippen molar-refractivity contribution in [3.05, 3.63) is 39.8 Å². The molecule has 84 valence electrons. The summed E-state index contributed by atoms with van der Waals surface area (Å²) in [6.45, 7) is 2.01. The van der Waals surface area contributed by atoms with Crippen molar-refractivity contribution in [1.82, 2.24) is 4.98 Å². The molecule has 0 saturated heterocycles. The molecule has 16 heavy (non-hydrogen) atoms. The van der Waals surface area contributed by atoms with Crippen LogP contribution in [0.3, 0.4) is 0 Å². The minimum atomic E-state index is 0.723. The average Bonchev–Trinajstić information content (AvgIpc) is 2.67. The van der Waals surface area contributed by atoms with Crippen LogP contribution in [0.25, 0.3) is 0 Å². The highest BCUT2D eigenvalue weighted by Crippen LogP contribution is 2.25. The lowest BCUT2D eigenvalue weighted by atomic mass is 10.1. The zero-order valence-electron chi connectivity index (χ0n) is 9.36. The Kier molecular flexibility index (Phi) is 3.10. The number of nitrogens with two attached hydrogens (primary N) is 1. The van der Waals surface area contributed by atoms with Gasteiger partial charge in [0.1, 0.15) is 5.75 Å². The fourth-order valence-corrected chi connectivity index (χ4v) is 2.40. The van der Waals surface area contributed by atoms with Crippen LogP contribution in [0.2, 0.25) is 0 Å². The number of benzene rings is 1. The maximum atomic E-state index is 5.71. The molecule has 1 heterocycles. The van der Waals surface area contributed by atoms with Crippen LogP contribution in [-0.4, -0.2) is 12.1 Å². The van der Waals surface area contributed by atoms with Crippen LogP contribution in [0.1, 0.15) is 15.4 Å². The molecule has 1 aromatic carbocycles. The van der Waals surface area contributed by atoms with Crippen molar-refractivity contribution >= 4 is 17.0 Å². The number of aryl methyl sites for hydroxylation is 1. The van der Waals surface area contributed by atoms with Gasteiger partial charge in [-0.3, -0.25) is 0 Å². The first-order chi connectivity index (χ1) is 7.69. The first-order valence-electron chi connectivity index (χ1n) is 5.02. The summed E-state index contributed by atoms with van der Waals surface area (Å²) in [6.07, 6.45) is 2.75. The highest BCUT2D eigenvalue weighted by Gasteiger charge is 2.06. The van der Waals surface area contributed by atoms with Crippen molar-refractivity contribution in [3.8, 4) is 5.75 Å². The van der Waals surface area contributed by atoms with Gasteiger partial charge >= 0.3 is 0 Å². The lowest BCUT2D eigenvalue weighted by molar-refractivity contribution is 0.411. The highest BCUT2D eigenvalue weighted by atomic mass is 32.1. The summed E-state index contributed by atoms with van der Waals surface area (Å²) in [5.41, 5.74) is 7.57. The Morgan fingerprint density at radius 3 is 2.88 bits per heavy atom. The standard InChI is InChI=1S/C12H14N2OS/c1-8-14-7-11(16-8)5-9-3-4-10(13)6-12(9)15-2/h3-4,6-7H,5,13H2,1-2H3. The van der Waals surface area contributed by atoms with Crippen LogP contribution in [0.15, 0.2) is 24.4 Å². The number of anilines is 1. The van der Waals surface area contributed by atoms with Crippen LogP contribution in [-0.2, 0) is 6.42 Å². The van der Waals surface area contributed by atoms with Gasteiger partial charge in [-0.15, -0.1) is 11.3 Å². The second-order valence-electron chi connectivity index (χ2n) is 3.59. The summed E-state index contributed by atoms with van der Waals surface area (Å²) in [5.74, 6) is 0.839. The molecule has 0 unspecified atom stereocenters. The van der Waals surface area contributed by atoms with E-state index in [1.165, 1.54) is 4.88 Å². The first-order valence-corrected chi connectivity index (χ1v) is 5.84. The first kappa shape index (κ1) is 11.0. The van der Waals surface area contributed by atoms with E-state index in [-0.39, 0.29) is 0 Å². The monoisotopic (exact) mass is 234 g/mol. The molecule has 3 nitrogen and oxygen atoms in total. The van der Waals surface area contributed by atoms with Gasteiger partial charge in [0.25, 0.3) is 0 Å². The summed E-state index contributed by atoms with van der Waals surface area (Å²) in [5, 5.41) is 1.09. The van der Waals surface area contributed by atoms with Crippen LogP contribution in [0.5, 0.6) is 5.75 Å². The second kappa shape index (κ2) is 4.53. The molecule has 0 aliphatic carbocycles. The van der Waals surface area contributed by atoms with Gasteiger partial charge in [-0.05, 0) is 18.6 Å². The number of nitrogen functional groups attached to an aromatic ring is 1. The molecule has 0 aliphatic heterocycles. The summed E-state index contributed by atoms with van der Waals surface area (Å²) in [4.78, 5) is 5.48. The summed E-state index contributed by atoms with van der Waals surface area (Å²) < 4.78 is 5.31. The molecule has 1 aromatic heterocycles. The second-order valence-corrected chi connectivity index (χ2v) is 4.91. The third-order valence-corrected chi connectivity index (χ3v) is 3.26. The Labute approximate surface area is 98.9 Å². The van der Waals surface area contributed by atoms with E-state index >= 15 is 0 Å². The molecule has 2 rings (SSSR count). The third-order valence-electron chi connectivity index (χ3n) is 2.34. The maximum absolute atomic E-state index is 5.71. The fourth-order valence-electron chi connectivity index (χ4n) is 1.58. The molecule has 0 spiro atoms. The molecule has 2 N–H and O–H groups in total. The van der Waals surface area contributed by atoms with Gasteiger partial charge in [0.2, 0.25) is 0 Å². The smallest absolute Gasteiger partial charge is 0.124 e. The Balaban J connectivity index is 2.27. The van der Waals surface area contributed by atoms with Crippen molar-refractivity contribution in [2.75, 3.05) is 12.8 Å². The number of aromatic nitrogens is 1. The van der Waals surface area contributed by atoms with Crippen molar-refractivity contribution in [2.24, 2.45) is 0 Å². The normalized spacial score (nSPS) is 10.4. The number of thiazole rings is 1. The quantitative estimate of drug-likeness (QED) is 0.830. The Morgan fingerprint density at radius 2 is 2.25 bits per heavy atom. The molecular weight excluding hydrogens is 220 g/mol. The number of rotatable bonds is 3. The fraction of sp³-hybridized carbons (Fsp3) is 0.250. The lowest BCUT2D eigenvalue weighted by Gasteiger charge is -2.07. The summed E-state index contributed by atoms with van der Waals surface area (Å²) >= 11 is 1.71. The van der Waals surface area contributed by atoms with Gasteiger partial charge in [-0.2, -0.15) is 0 Å². The predicted octanol–water partition coefficient (Wildman–Crippen LogP) is 2.63. The molecule has 0 amide bonds. The highest BCUT2D eigenvalue weighted by molar-refractivity contribution is 7.11. The molecule has 2 aromatic rings. The van der Waals surface area contributed by atoms with Crippen molar-refractivity contribution in [1.29, 1.82) is 0 Å². The van der Waals surface area contributed by atoms with E-state index in [0.29, 0.717) is 0 Å². The minimum absolute atomic E-state index is 0.723. The van der Waals surface area contributed by atoms with Crippen LogP contribution in [0, 0.1) is 6.92 Å². The molecule has 0 saturated carbocycles. The van der Waals surface area contributed by atoms with E-state index in [1.54, 1.807) is 18.4 Å². The number of hydrogen-bond acceptors (Lipinski definition) is 4. The Morgan fingerprint density at radius 1 is 1.44 bits per heavy atom. The zero-order valence-corrected chi connectivity index (χ0v) is 10.2. The van der Waals surface area contributed by atoms with E-state index in [0.717, 1.165) is 28.4 Å². The van der Waals surface area contributed by atoms with Crippen molar-refractivity contribution < 1.29 is 4.74 Å². The van der Waals surface area contributed by atoms with Crippen LogP contribution >= 0.6 is 11.3 Å². The van der Waals surface area contributed by atoms with Gasteiger partial charge in [0.05, 0.1) is 12.1 Å². The van der Waals surface area contributed by atoms with Gasteiger partial charge < -0.3 is 10.5 Å². The molecular formula is C12H14N2OS. The number of hydrogen-bond donors (Lipinski definition) is 1. The molecule has 0 aliphatic rings. The Bertz CT molecular complexity index is 494. The Hall–Kier alpha value is -1.55. The van der Waals surface area contributed by atoms with E-state index in [9.17, 15) is 0 Å². The largest absolute Gasteiger partial charge is 0.496 e. The van der Waals surface area contributed by atoms with Crippen molar-refractivity contribution in [2.45, 2.75) is 13.3 Å². The van der Waals surface area contributed by atoms with Crippen LogP contribution in [0.4, 0.5) is 5.69 Å². The van der Waals surface area contributed by atoms with Gasteiger partial charge in [0.15, 0.2) is 0 Å². The van der Waals surface area contributed by atoms with E-state index < -0.39 is 0 Å². The predicted molar refractivity (Wildman–Crippen MR) is 67.1 cm³/mol. The average molecular weight is 234 g/mol. The molecule has 0 radical (unpaired) electrons.